The van der Waals surface area contributed by atoms with E-state index in [2.05, 4.69) is 0 Å². The van der Waals surface area contributed by atoms with Crippen molar-refractivity contribution < 1.29 is 9.47 Å². The lowest BCUT2D eigenvalue weighted by Gasteiger charge is -2.40. The van der Waals surface area contributed by atoms with E-state index in [-0.39, 0.29) is 5.60 Å². The molecule has 2 nitrogen and oxygen atoms in total. The first-order valence-corrected chi connectivity index (χ1v) is 7.09. The van der Waals surface area contributed by atoms with Gasteiger partial charge in [-0.3, -0.25) is 0 Å². The average Bonchev–Trinajstić information content (AvgIpc) is 2.88. The van der Waals surface area contributed by atoms with Gasteiger partial charge in [0.1, 0.15) is 0 Å². The van der Waals surface area contributed by atoms with Crippen LogP contribution in [0, 0.1) is 11.8 Å². The second kappa shape index (κ2) is 4.47. The zero-order chi connectivity index (χ0) is 11.0. The molecule has 0 aromatic carbocycles. The molecule has 3 heteroatoms. The SMILES string of the molecule is ClC1CCCC1C1CCOC2(CCOC2)C1. The van der Waals surface area contributed by atoms with Crippen LogP contribution >= 0.6 is 11.6 Å². The van der Waals surface area contributed by atoms with Crippen molar-refractivity contribution in [3.63, 3.8) is 0 Å². The minimum absolute atomic E-state index is 0.0577. The highest BCUT2D eigenvalue weighted by Gasteiger charge is 2.44. The smallest absolute Gasteiger partial charge is 0.0939 e. The van der Waals surface area contributed by atoms with Crippen LogP contribution in [0.1, 0.15) is 38.5 Å². The maximum absolute atomic E-state index is 6.43. The van der Waals surface area contributed by atoms with Gasteiger partial charge in [0, 0.05) is 25.0 Å². The fraction of sp³-hybridized carbons (Fsp3) is 1.00. The Kier molecular flexibility index (Phi) is 3.16. The maximum Gasteiger partial charge on any atom is 0.0939 e. The first-order valence-electron chi connectivity index (χ1n) is 6.65. The third-order valence-corrected chi connectivity index (χ3v) is 5.23. The zero-order valence-corrected chi connectivity index (χ0v) is 10.5. The monoisotopic (exact) mass is 244 g/mol. The molecule has 2 heterocycles. The molecule has 0 N–H and O–H groups in total. The second-order valence-electron chi connectivity index (χ2n) is 5.70. The maximum atomic E-state index is 6.43. The predicted octanol–water partition coefficient (Wildman–Crippen LogP) is 2.98. The van der Waals surface area contributed by atoms with E-state index in [4.69, 9.17) is 21.1 Å². The Morgan fingerprint density at radius 3 is 2.75 bits per heavy atom. The molecule has 2 aliphatic heterocycles. The normalized spacial score (nSPS) is 48.9. The largest absolute Gasteiger partial charge is 0.378 e. The van der Waals surface area contributed by atoms with Crippen molar-refractivity contribution in [2.24, 2.45) is 11.8 Å². The van der Waals surface area contributed by atoms with Gasteiger partial charge in [-0.1, -0.05) is 6.42 Å². The molecule has 0 aromatic rings. The first-order chi connectivity index (χ1) is 7.79. The van der Waals surface area contributed by atoms with Gasteiger partial charge in [0.25, 0.3) is 0 Å². The van der Waals surface area contributed by atoms with Crippen molar-refractivity contribution in [1.82, 2.24) is 0 Å². The summed E-state index contributed by atoms with van der Waals surface area (Å²) in [5.41, 5.74) is 0.0577. The molecule has 92 valence electrons. The van der Waals surface area contributed by atoms with Gasteiger partial charge in [0.15, 0.2) is 0 Å². The van der Waals surface area contributed by atoms with E-state index in [1.165, 1.54) is 32.1 Å². The summed E-state index contributed by atoms with van der Waals surface area (Å²) in [6.07, 6.45) is 7.34. The molecule has 3 fully saturated rings. The summed E-state index contributed by atoms with van der Waals surface area (Å²) in [5.74, 6) is 1.52. The van der Waals surface area contributed by atoms with Crippen LogP contribution in [0.3, 0.4) is 0 Å². The van der Waals surface area contributed by atoms with Gasteiger partial charge in [-0.25, -0.2) is 0 Å². The molecule has 0 bridgehead atoms. The molecule has 1 saturated carbocycles. The lowest BCUT2D eigenvalue weighted by Crippen LogP contribution is -2.42. The van der Waals surface area contributed by atoms with Gasteiger partial charge >= 0.3 is 0 Å². The number of halogens is 1. The Bertz CT molecular complexity index is 250. The molecule has 4 atom stereocenters. The highest BCUT2D eigenvalue weighted by molar-refractivity contribution is 6.20. The van der Waals surface area contributed by atoms with Gasteiger partial charge < -0.3 is 9.47 Å². The first kappa shape index (κ1) is 11.3. The molecule has 2 saturated heterocycles. The Morgan fingerprint density at radius 2 is 2.06 bits per heavy atom. The Labute approximate surface area is 103 Å². The van der Waals surface area contributed by atoms with E-state index in [0.717, 1.165) is 38.1 Å². The number of ether oxygens (including phenoxy) is 2. The third kappa shape index (κ3) is 2.00. The van der Waals surface area contributed by atoms with Crippen molar-refractivity contribution >= 4 is 11.6 Å². The van der Waals surface area contributed by atoms with E-state index < -0.39 is 0 Å². The van der Waals surface area contributed by atoms with Crippen LogP contribution in [-0.4, -0.2) is 30.8 Å². The predicted molar refractivity (Wildman–Crippen MR) is 63.8 cm³/mol. The fourth-order valence-electron chi connectivity index (χ4n) is 3.77. The standard InChI is InChI=1S/C13H21ClO2/c14-12-3-1-2-11(12)10-4-6-16-13(8-10)5-7-15-9-13/h10-12H,1-9H2. The van der Waals surface area contributed by atoms with Crippen LogP contribution in [-0.2, 0) is 9.47 Å². The van der Waals surface area contributed by atoms with Crippen molar-refractivity contribution in [1.29, 1.82) is 0 Å². The highest BCUT2D eigenvalue weighted by Crippen LogP contribution is 2.45. The minimum atomic E-state index is 0.0577. The second-order valence-corrected chi connectivity index (χ2v) is 6.26. The molecular weight excluding hydrogens is 224 g/mol. The van der Waals surface area contributed by atoms with Crippen molar-refractivity contribution in [2.75, 3.05) is 19.8 Å². The molecule has 0 radical (unpaired) electrons. The van der Waals surface area contributed by atoms with Crippen LogP contribution in [0.25, 0.3) is 0 Å². The molecule has 4 unspecified atom stereocenters. The minimum Gasteiger partial charge on any atom is -0.378 e. The molecule has 0 aromatic heterocycles. The molecule has 0 amide bonds. The van der Waals surface area contributed by atoms with Gasteiger partial charge in [-0.05, 0) is 37.5 Å². The van der Waals surface area contributed by atoms with Gasteiger partial charge in [0.05, 0.1) is 12.2 Å². The molecule has 1 spiro atoms. The quantitative estimate of drug-likeness (QED) is 0.661. The van der Waals surface area contributed by atoms with Crippen molar-refractivity contribution in [2.45, 2.75) is 49.5 Å². The van der Waals surface area contributed by atoms with Gasteiger partial charge in [0.2, 0.25) is 0 Å². The summed E-state index contributed by atoms with van der Waals surface area (Å²) in [6, 6.07) is 0. The third-order valence-electron chi connectivity index (χ3n) is 4.69. The average molecular weight is 245 g/mol. The van der Waals surface area contributed by atoms with Gasteiger partial charge in [-0.15, -0.1) is 11.6 Å². The molecule has 1 aliphatic carbocycles. The van der Waals surface area contributed by atoms with Crippen molar-refractivity contribution in [3.05, 3.63) is 0 Å². The number of hydrogen-bond acceptors (Lipinski definition) is 2. The topological polar surface area (TPSA) is 18.5 Å². The van der Waals surface area contributed by atoms with Crippen LogP contribution in [0.2, 0.25) is 0 Å². The van der Waals surface area contributed by atoms with E-state index >= 15 is 0 Å². The Hall–Kier alpha value is 0.210. The number of rotatable bonds is 1. The summed E-state index contributed by atoms with van der Waals surface area (Å²) in [7, 11) is 0. The summed E-state index contributed by atoms with van der Waals surface area (Å²) in [6.45, 7) is 2.60. The Balaban J connectivity index is 1.67. The summed E-state index contributed by atoms with van der Waals surface area (Å²) in [5, 5.41) is 0.419. The van der Waals surface area contributed by atoms with Crippen LogP contribution in [0.4, 0.5) is 0 Å². The summed E-state index contributed by atoms with van der Waals surface area (Å²) in [4.78, 5) is 0. The highest BCUT2D eigenvalue weighted by atomic mass is 35.5. The molecule has 16 heavy (non-hydrogen) atoms. The van der Waals surface area contributed by atoms with E-state index in [9.17, 15) is 0 Å². The fourth-order valence-corrected chi connectivity index (χ4v) is 4.25. The summed E-state index contributed by atoms with van der Waals surface area (Å²) >= 11 is 6.43. The molecule has 3 aliphatic rings. The van der Waals surface area contributed by atoms with Crippen molar-refractivity contribution in [3.8, 4) is 0 Å². The molecular formula is C13H21ClO2. The lowest BCUT2D eigenvalue weighted by atomic mass is 9.77. The van der Waals surface area contributed by atoms with E-state index in [1.807, 2.05) is 0 Å². The number of hydrogen-bond donors (Lipinski definition) is 0. The summed E-state index contributed by atoms with van der Waals surface area (Å²) < 4.78 is 11.5. The molecule has 3 rings (SSSR count). The number of alkyl halides is 1. The van der Waals surface area contributed by atoms with Crippen LogP contribution in [0.15, 0.2) is 0 Å². The zero-order valence-electron chi connectivity index (χ0n) is 9.79. The van der Waals surface area contributed by atoms with E-state index in [1.54, 1.807) is 0 Å². The van der Waals surface area contributed by atoms with Gasteiger partial charge in [-0.2, -0.15) is 0 Å². The lowest BCUT2D eigenvalue weighted by molar-refractivity contribution is -0.106. The van der Waals surface area contributed by atoms with Crippen LogP contribution < -0.4 is 0 Å². The van der Waals surface area contributed by atoms with E-state index in [0.29, 0.717) is 5.38 Å². The van der Waals surface area contributed by atoms with Crippen LogP contribution in [0.5, 0.6) is 0 Å². The Morgan fingerprint density at radius 1 is 1.12 bits per heavy atom.